The molecule has 0 spiro atoms. The van der Waals surface area contributed by atoms with Gasteiger partial charge in [0.1, 0.15) is 24.1 Å². The van der Waals surface area contributed by atoms with Gasteiger partial charge < -0.3 is 19.1 Å². The van der Waals surface area contributed by atoms with E-state index in [9.17, 15) is 24.1 Å². The fourth-order valence-electron chi connectivity index (χ4n) is 3.29. The molecule has 5 atom stereocenters. The Balaban J connectivity index is 1.75. The minimum absolute atomic E-state index is 0.00722. The van der Waals surface area contributed by atoms with Crippen LogP contribution in [0.25, 0.3) is 6.08 Å². The van der Waals surface area contributed by atoms with Crippen LogP contribution in [0.4, 0.5) is 0 Å². The molecule has 4 unspecified atom stereocenters. The Bertz CT molecular complexity index is 1220. The van der Waals surface area contributed by atoms with Crippen molar-refractivity contribution in [2.45, 2.75) is 37.8 Å². The predicted molar refractivity (Wildman–Crippen MR) is 129 cm³/mol. The van der Waals surface area contributed by atoms with E-state index in [1.807, 2.05) is 0 Å². The number of H-pyrrole nitrogens is 1. The van der Waals surface area contributed by atoms with Gasteiger partial charge in [-0.2, -0.15) is 5.09 Å². The lowest BCUT2D eigenvalue weighted by atomic mass is 10.2. The Morgan fingerprint density at radius 3 is 2.77 bits per heavy atom. The minimum atomic E-state index is -4.14. The van der Waals surface area contributed by atoms with E-state index in [4.69, 9.17) is 13.8 Å². The maximum atomic E-state index is 13.4. The summed E-state index contributed by atoms with van der Waals surface area (Å²) >= 11 is 3.08. The summed E-state index contributed by atoms with van der Waals surface area (Å²) in [5, 5.41) is 13.0. The van der Waals surface area contributed by atoms with Crippen molar-refractivity contribution in [3.05, 3.63) is 67.9 Å². The molecule has 1 aliphatic rings. The lowest BCUT2D eigenvalue weighted by Crippen LogP contribution is -2.36. The van der Waals surface area contributed by atoms with Gasteiger partial charge in [-0.25, -0.2) is 9.36 Å². The van der Waals surface area contributed by atoms with Gasteiger partial charge in [-0.05, 0) is 30.1 Å². The van der Waals surface area contributed by atoms with Crippen molar-refractivity contribution >= 4 is 35.7 Å². The average Bonchev–Trinajstić information content (AvgIpc) is 3.19. The second kappa shape index (κ2) is 11.9. The molecule has 35 heavy (non-hydrogen) atoms. The van der Waals surface area contributed by atoms with Crippen LogP contribution in [-0.4, -0.2) is 52.6 Å². The van der Waals surface area contributed by atoms with Crippen LogP contribution >= 0.6 is 23.7 Å². The third-order valence-electron chi connectivity index (χ3n) is 5.04. The van der Waals surface area contributed by atoms with Crippen LogP contribution in [0.3, 0.4) is 0 Å². The number of esters is 1. The Morgan fingerprint density at radius 2 is 2.11 bits per heavy atom. The van der Waals surface area contributed by atoms with Gasteiger partial charge in [0.2, 0.25) is 0 Å². The highest BCUT2D eigenvalue weighted by Crippen LogP contribution is 2.45. The van der Waals surface area contributed by atoms with Crippen LogP contribution < -0.4 is 20.9 Å². The summed E-state index contributed by atoms with van der Waals surface area (Å²) in [6.45, 7) is 1.03. The summed E-state index contributed by atoms with van der Waals surface area (Å²) in [5.41, 5.74) is -1.10. The van der Waals surface area contributed by atoms with Crippen molar-refractivity contribution < 1.29 is 33.0 Å². The molecule has 1 saturated heterocycles. The average molecular weight is 574 g/mol. The van der Waals surface area contributed by atoms with Crippen molar-refractivity contribution in [1.82, 2.24) is 14.6 Å². The van der Waals surface area contributed by atoms with Crippen molar-refractivity contribution in [2.75, 3.05) is 13.7 Å². The maximum absolute atomic E-state index is 13.4. The maximum Gasteiger partial charge on any atom is 0.459 e. The number of aromatic amines is 1. The monoisotopic (exact) mass is 573 g/mol. The summed E-state index contributed by atoms with van der Waals surface area (Å²) in [7, 11) is -2.95. The van der Waals surface area contributed by atoms with E-state index in [0.29, 0.717) is 0 Å². The van der Waals surface area contributed by atoms with E-state index in [2.05, 4.69) is 30.7 Å². The third kappa shape index (κ3) is 7.00. The largest absolute Gasteiger partial charge is 0.468 e. The van der Waals surface area contributed by atoms with E-state index in [1.165, 1.54) is 31.3 Å². The van der Waals surface area contributed by atoms with E-state index < -0.39 is 56.0 Å². The first-order valence-corrected chi connectivity index (χ1v) is 12.9. The molecule has 1 aromatic heterocycles. The number of aromatic nitrogens is 2. The first kappa shape index (κ1) is 27.1. The zero-order valence-corrected chi connectivity index (χ0v) is 21.3. The van der Waals surface area contributed by atoms with E-state index in [1.54, 1.807) is 30.3 Å². The first-order valence-electron chi connectivity index (χ1n) is 10.5. The molecule has 14 heteroatoms. The standard InChI is InChI=1S/C21H25BrN3O9P/c1-13(20(28)31-2)24-35(30,34-15-6-4-3-5-7-15)32-12-17-16(26)10-18(33-17)25-11-14(8-9-22)19(27)23-21(25)29/h3-9,11,13,16-18,26H,10,12H2,1-2H3,(H,24,30)(H,23,27,29)/b9-8+/t13-,16?,17?,18?,35?/m0/s1. The number of benzene rings is 1. The van der Waals surface area contributed by atoms with Crippen LogP contribution in [0.5, 0.6) is 5.75 Å². The van der Waals surface area contributed by atoms with Crippen LogP contribution in [0.1, 0.15) is 25.1 Å². The fraction of sp³-hybridized carbons (Fsp3) is 0.381. The fourth-order valence-corrected chi connectivity index (χ4v) is 5.07. The summed E-state index contributed by atoms with van der Waals surface area (Å²) in [6.07, 6.45) is -0.224. The quantitative estimate of drug-likeness (QED) is 0.283. The number of carbonyl (C=O) groups excluding carboxylic acids is 1. The number of carbonyl (C=O) groups is 1. The number of aliphatic hydroxyl groups excluding tert-OH is 1. The number of methoxy groups -OCH3 is 1. The second-order valence-corrected chi connectivity index (χ2v) is 9.77. The molecule has 2 heterocycles. The molecule has 0 bridgehead atoms. The van der Waals surface area contributed by atoms with Crippen LogP contribution in [0.15, 0.2) is 51.1 Å². The van der Waals surface area contributed by atoms with Crippen LogP contribution in [0.2, 0.25) is 0 Å². The van der Waals surface area contributed by atoms with Crippen LogP contribution in [-0.2, 0) is 23.4 Å². The Morgan fingerprint density at radius 1 is 1.40 bits per heavy atom. The summed E-state index contributed by atoms with van der Waals surface area (Å²) in [6, 6.07) is 7.15. The van der Waals surface area contributed by atoms with E-state index in [0.717, 1.165) is 4.57 Å². The number of nitrogens with one attached hydrogen (secondary N) is 2. The predicted octanol–water partition coefficient (Wildman–Crippen LogP) is 1.91. The number of hydrogen-bond donors (Lipinski definition) is 3. The second-order valence-electron chi connectivity index (χ2n) is 7.55. The molecule has 2 aromatic rings. The Kier molecular flexibility index (Phi) is 9.22. The summed E-state index contributed by atoms with van der Waals surface area (Å²) in [4.78, 5) is 39.7. The molecule has 0 amide bonds. The lowest BCUT2D eigenvalue weighted by Gasteiger charge is -2.24. The lowest BCUT2D eigenvalue weighted by molar-refractivity contribution is -0.142. The van der Waals surface area contributed by atoms with Gasteiger partial charge in [-0.15, -0.1) is 0 Å². The zero-order valence-electron chi connectivity index (χ0n) is 18.8. The molecule has 1 aliphatic heterocycles. The number of nitrogens with zero attached hydrogens (tertiary/aromatic N) is 1. The molecule has 3 N–H and O–H groups in total. The molecular weight excluding hydrogens is 549 g/mol. The number of hydrogen-bond acceptors (Lipinski definition) is 9. The normalized spacial score (nSPS) is 22.6. The van der Waals surface area contributed by atoms with Gasteiger partial charge in [-0.3, -0.25) is 23.7 Å². The highest BCUT2D eigenvalue weighted by Gasteiger charge is 2.39. The van der Waals surface area contributed by atoms with Gasteiger partial charge in [0.15, 0.2) is 0 Å². The van der Waals surface area contributed by atoms with Gasteiger partial charge in [0.05, 0.1) is 25.4 Å². The van der Waals surface area contributed by atoms with Crippen molar-refractivity contribution in [1.29, 1.82) is 0 Å². The number of para-hydroxylation sites is 1. The summed E-state index contributed by atoms with van der Waals surface area (Å²) in [5.74, 6) is -0.466. The van der Waals surface area contributed by atoms with E-state index in [-0.39, 0.29) is 17.7 Å². The molecule has 3 rings (SSSR count). The Labute approximate surface area is 208 Å². The number of aliphatic hydroxyl groups is 1. The molecule has 0 radical (unpaired) electrons. The molecule has 190 valence electrons. The Hall–Kier alpha value is -2.54. The van der Waals surface area contributed by atoms with Gasteiger partial charge in [0, 0.05) is 12.6 Å². The highest BCUT2D eigenvalue weighted by atomic mass is 79.9. The number of rotatable bonds is 10. The molecule has 1 fully saturated rings. The highest BCUT2D eigenvalue weighted by molar-refractivity contribution is 9.11. The molecular formula is C21H25BrN3O9P. The number of ether oxygens (including phenoxy) is 2. The number of halogens is 1. The molecule has 12 nitrogen and oxygen atoms in total. The van der Waals surface area contributed by atoms with Crippen molar-refractivity contribution in [3.8, 4) is 5.75 Å². The smallest absolute Gasteiger partial charge is 0.459 e. The van der Waals surface area contributed by atoms with Gasteiger partial charge >= 0.3 is 19.4 Å². The van der Waals surface area contributed by atoms with Crippen molar-refractivity contribution in [3.63, 3.8) is 0 Å². The van der Waals surface area contributed by atoms with Crippen LogP contribution in [0, 0.1) is 0 Å². The third-order valence-corrected chi connectivity index (χ3v) is 6.94. The summed E-state index contributed by atoms with van der Waals surface area (Å²) < 4.78 is 36.0. The molecule has 1 aromatic carbocycles. The first-order chi connectivity index (χ1) is 16.7. The van der Waals surface area contributed by atoms with Crippen molar-refractivity contribution in [2.24, 2.45) is 0 Å². The van der Waals surface area contributed by atoms with Gasteiger partial charge in [0.25, 0.3) is 5.56 Å². The zero-order chi connectivity index (χ0) is 25.6. The molecule has 0 aliphatic carbocycles. The topological polar surface area (TPSA) is 158 Å². The van der Waals surface area contributed by atoms with Gasteiger partial charge in [-0.1, -0.05) is 34.1 Å². The van der Waals surface area contributed by atoms with E-state index >= 15 is 0 Å². The minimum Gasteiger partial charge on any atom is -0.468 e. The molecule has 0 saturated carbocycles. The SMILES string of the molecule is COC(=O)[C@H](C)NP(=O)(OCC1OC(n2cc(/C=C/Br)c(=O)[nH]c2=O)CC1O)Oc1ccccc1.